The van der Waals surface area contributed by atoms with E-state index in [1.54, 1.807) is 18.6 Å². The summed E-state index contributed by atoms with van der Waals surface area (Å²) >= 11 is 1.31. The van der Waals surface area contributed by atoms with Gasteiger partial charge < -0.3 is 4.90 Å². The second-order valence-corrected chi connectivity index (χ2v) is 4.69. The van der Waals surface area contributed by atoms with Crippen molar-refractivity contribution in [2.75, 3.05) is 23.4 Å². The maximum absolute atomic E-state index is 5.41. The van der Waals surface area contributed by atoms with E-state index in [-0.39, 0.29) is 0 Å². The van der Waals surface area contributed by atoms with Crippen LogP contribution in [0.5, 0.6) is 0 Å². The van der Waals surface area contributed by atoms with E-state index in [1.165, 1.54) is 11.8 Å². The molecule has 2 rings (SSSR count). The average molecular weight is 292 g/mol. The summed E-state index contributed by atoms with van der Waals surface area (Å²) in [7, 11) is 0. The molecule has 106 valence electrons. The van der Waals surface area contributed by atoms with E-state index in [0.29, 0.717) is 22.1 Å². The zero-order chi connectivity index (χ0) is 14.4. The van der Waals surface area contributed by atoms with Crippen LogP contribution in [0.3, 0.4) is 0 Å². The lowest BCUT2D eigenvalue weighted by Crippen LogP contribution is -2.25. The number of hydrazine groups is 1. The van der Waals surface area contributed by atoms with Crippen LogP contribution in [-0.4, -0.2) is 38.0 Å². The van der Waals surface area contributed by atoms with Gasteiger partial charge in [-0.05, 0) is 25.6 Å². The molecule has 2 aromatic heterocycles. The molecule has 20 heavy (non-hydrogen) atoms. The largest absolute Gasteiger partial charge is 0.341 e. The van der Waals surface area contributed by atoms with Crippen molar-refractivity contribution in [1.82, 2.24) is 24.9 Å². The Morgan fingerprint density at radius 1 is 1.20 bits per heavy atom. The summed E-state index contributed by atoms with van der Waals surface area (Å²) in [6.07, 6.45) is 4.89. The Hall–Kier alpha value is -2.00. The Balaban J connectivity index is 2.30. The van der Waals surface area contributed by atoms with Gasteiger partial charge in [-0.3, -0.25) is 10.4 Å². The lowest BCUT2D eigenvalue weighted by molar-refractivity contribution is 0.782. The first-order chi connectivity index (χ1) is 9.76. The predicted molar refractivity (Wildman–Crippen MR) is 77.4 cm³/mol. The molecule has 0 saturated carbocycles. The van der Waals surface area contributed by atoms with Gasteiger partial charge in [-0.2, -0.15) is 15.0 Å². The van der Waals surface area contributed by atoms with Crippen LogP contribution in [0.4, 0.5) is 11.9 Å². The number of hydrogen-bond acceptors (Lipinski definition) is 9. The minimum atomic E-state index is 0.327. The summed E-state index contributed by atoms with van der Waals surface area (Å²) in [6.45, 7) is 5.69. The Bertz CT molecular complexity index is 545. The lowest BCUT2D eigenvalue weighted by Gasteiger charge is -2.19. The van der Waals surface area contributed by atoms with Gasteiger partial charge in [0.2, 0.25) is 17.1 Å². The van der Waals surface area contributed by atoms with E-state index < -0.39 is 0 Å². The third-order valence-corrected chi connectivity index (χ3v) is 3.30. The minimum Gasteiger partial charge on any atom is -0.341 e. The van der Waals surface area contributed by atoms with Crippen molar-refractivity contribution in [3.8, 4) is 0 Å². The molecule has 0 spiro atoms. The molecule has 2 heterocycles. The number of nitrogens with two attached hydrogens (primary N) is 1. The first kappa shape index (κ1) is 14.4. The Morgan fingerprint density at radius 2 is 2.00 bits per heavy atom. The van der Waals surface area contributed by atoms with Crippen LogP contribution in [0.15, 0.2) is 28.8 Å². The maximum atomic E-state index is 5.41. The molecule has 0 bridgehead atoms. The fourth-order valence-corrected chi connectivity index (χ4v) is 2.21. The minimum absolute atomic E-state index is 0.327. The number of hydrogen-bond donors (Lipinski definition) is 2. The molecule has 3 N–H and O–H groups in total. The van der Waals surface area contributed by atoms with Crippen molar-refractivity contribution in [2.24, 2.45) is 5.84 Å². The van der Waals surface area contributed by atoms with Gasteiger partial charge in [-0.25, -0.2) is 10.8 Å². The smallest absolute Gasteiger partial charge is 0.242 e. The van der Waals surface area contributed by atoms with Gasteiger partial charge in [0.25, 0.3) is 0 Å². The molecule has 0 aromatic carbocycles. The van der Waals surface area contributed by atoms with Gasteiger partial charge in [0, 0.05) is 25.5 Å². The van der Waals surface area contributed by atoms with E-state index in [1.807, 2.05) is 18.7 Å². The Morgan fingerprint density at radius 3 is 2.60 bits per heavy atom. The van der Waals surface area contributed by atoms with E-state index >= 15 is 0 Å². The summed E-state index contributed by atoms with van der Waals surface area (Å²) in [5.41, 5.74) is 2.46. The molecular weight excluding hydrogens is 276 g/mol. The van der Waals surface area contributed by atoms with Crippen molar-refractivity contribution in [3.05, 3.63) is 18.6 Å². The standard InChI is InChI=1S/C11H16N8S/c1-3-19(4-2)10-15-9(18-12)16-11(17-10)20-8-7-13-5-6-14-8/h5-7H,3-4,12H2,1-2H3,(H,15,16,17,18). The van der Waals surface area contributed by atoms with E-state index in [4.69, 9.17) is 5.84 Å². The summed E-state index contributed by atoms with van der Waals surface area (Å²) in [4.78, 5) is 23.1. The third-order valence-electron chi connectivity index (χ3n) is 2.51. The zero-order valence-electron chi connectivity index (χ0n) is 11.3. The molecule has 0 fully saturated rings. The SMILES string of the molecule is CCN(CC)c1nc(NN)nc(Sc2cnccn2)n1. The molecule has 0 atom stereocenters. The van der Waals surface area contributed by atoms with Gasteiger partial charge in [0.05, 0.1) is 6.20 Å². The topological polar surface area (TPSA) is 106 Å². The number of nitrogens with one attached hydrogen (secondary N) is 1. The van der Waals surface area contributed by atoms with Gasteiger partial charge in [-0.1, -0.05) is 0 Å². The molecule has 0 aliphatic heterocycles. The second-order valence-electron chi connectivity index (χ2n) is 3.70. The highest BCUT2D eigenvalue weighted by molar-refractivity contribution is 7.99. The molecule has 0 amide bonds. The fraction of sp³-hybridized carbons (Fsp3) is 0.364. The van der Waals surface area contributed by atoms with Crippen LogP contribution < -0.4 is 16.2 Å². The Kier molecular flexibility index (Phi) is 5.02. The average Bonchev–Trinajstić information content (AvgIpc) is 2.49. The molecule has 0 saturated heterocycles. The number of nitrogen functional groups attached to an aromatic ring is 1. The van der Waals surface area contributed by atoms with Crippen LogP contribution in [0.1, 0.15) is 13.8 Å². The quantitative estimate of drug-likeness (QED) is 0.594. The van der Waals surface area contributed by atoms with Gasteiger partial charge in [0.15, 0.2) is 0 Å². The highest BCUT2D eigenvalue weighted by atomic mass is 32.2. The number of rotatable bonds is 6. The van der Waals surface area contributed by atoms with Gasteiger partial charge in [0.1, 0.15) is 5.03 Å². The van der Waals surface area contributed by atoms with Gasteiger partial charge >= 0.3 is 0 Å². The van der Waals surface area contributed by atoms with E-state index in [0.717, 1.165) is 13.1 Å². The number of nitrogens with zero attached hydrogens (tertiary/aromatic N) is 6. The lowest BCUT2D eigenvalue weighted by atomic mass is 10.5. The van der Waals surface area contributed by atoms with Crippen LogP contribution >= 0.6 is 11.8 Å². The van der Waals surface area contributed by atoms with E-state index in [9.17, 15) is 0 Å². The summed E-state index contributed by atoms with van der Waals surface area (Å²) in [6, 6.07) is 0. The van der Waals surface area contributed by atoms with Crippen LogP contribution in [-0.2, 0) is 0 Å². The zero-order valence-corrected chi connectivity index (χ0v) is 12.1. The number of aromatic nitrogens is 5. The third kappa shape index (κ3) is 3.52. The van der Waals surface area contributed by atoms with Crippen molar-refractivity contribution in [3.63, 3.8) is 0 Å². The molecular formula is C11H16N8S. The predicted octanol–water partition coefficient (Wildman–Crippen LogP) is 0.945. The Labute approximate surface area is 121 Å². The molecule has 9 heteroatoms. The van der Waals surface area contributed by atoms with Crippen LogP contribution in [0.25, 0.3) is 0 Å². The summed E-state index contributed by atoms with van der Waals surface area (Å²) in [5, 5.41) is 1.24. The molecule has 0 radical (unpaired) electrons. The first-order valence-corrected chi connectivity index (χ1v) is 7.00. The van der Waals surface area contributed by atoms with Crippen molar-refractivity contribution < 1.29 is 0 Å². The normalized spacial score (nSPS) is 10.3. The molecule has 2 aromatic rings. The number of anilines is 2. The highest BCUT2D eigenvalue weighted by Crippen LogP contribution is 2.23. The fourth-order valence-electron chi connectivity index (χ4n) is 1.54. The molecule has 0 aliphatic carbocycles. The summed E-state index contributed by atoms with van der Waals surface area (Å²) in [5.74, 6) is 6.32. The van der Waals surface area contributed by atoms with Crippen molar-refractivity contribution >= 4 is 23.7 Å². The van der Waals surface area contributed by atoms with Crippen molar-refractivity contribution in [2.45, 2.75) is 24.0 Å². The van der Waals surface area contributed by atoms with Gasteiger partial charge in [-0.15, -0.1) is 0 Å². The summed E-state index contributed by atoms with van der Waals surface area (Å²) < 4.78 is 0. The highest BCUT2D eigenvalue weighted by Gasteiger charge is 2.12. The monoisotopic (exact) mass is 292 g/mol. The second kappa shape index (κ2) is 6.96. The maximum Gasteiger partial charge on any atom is 0.242 e. The molecule has 0 aliphatic rings. The molecule has 0 unspecified atom stereocenters. The van der Waals surface area contributed by atoms with E-state index in [2.05, 4.69) is 30.3 Å². The van der Waals surface area contributed by atoms with Crippen LogP contribution in [0.2, 0.25) is 0 Å². The van der Waals surface area contributed by atoms with Crippen molar-refractivity contribution in [1.29, 1.82) is 0 Å². The van der Waals surface area contributed by atoms with Crippen LogP contribution in [0, 0.1) is 0 Å². The first-order valence-electron chi connectivity index (χ1n) is 6.18. The molecule has 8 nitrogen and oxygen atoms in total.